The van der Waals surface area contributed by atoms with Gasteiger partial charge in [-0.2, -0.15) is 0 Å². The van der Waals surface area contributed by atoms with Gasteiger partial charge in [0.2, 0.25) is 0 Å². The van der Waals surface area contributed by atoms with Crippen LogP contribution in [0.3, 0.4) is 0 Å². The van der Waals surface area contributed by atoms with Crippen LogP contribution >= 0.6 is 0 Å². The van der Waals surface area contributed by atoms with Crippen molar-refractivity contribution in [2.24, 2.45) is 10.9 Å². The number of aromatic nitrogens is 1. The molecule has 0 radical (unpaired) electrons. The van der Waals surface area contributed by atoms with Crippen molar-refractivity contribution in [3.05, 3.63) is 42.1 Å². The number of guanidine groups is 1. The summed E-state index contributed by atoms with van der Waals surface area (Å²) in [7, 11) is 3.92. The number of benzene rings is 1. The van der Waals surface area contributed by atoms with E-state index in [2.05, 4.69) is 46.5 Å². The third kappa shape index (κ3) is 4.23. The lowest BCUT2D eigenvalue weighted by molar-refractivity contribution is 0.181. The summed E-state index contributed by atoms with van der Waals surface area (Å²) in [5.74, 6) is 1.54. The fourth-order valence-corrected chi connectivity index (χ4v) is 3.14. The lowest BCUT2D eigenvalue weighted by Crippen LogP contribution is -2.42. The molecule has 2 aromatic rings. The Kier molecular flexibility index (Phi) is 5.64. The van der Waals surface area contributed by atoms with Gasteiger partial charge in [-0.1, -0.05) is 24.3 Å². The zero-order valence-corrected chi connectivity index (χ0v) is 14.5. The van der Waals surface area contributed by atoms with E-state index in [1.54, 1.807) is 0 Å². The van der Waals surface area contributed by atoms with Crippen LogP contribution in [0.4, 0.5) is 0 Å². The van der Waals surface area contributed by atoms with Gasteiger partial charge in [-0.05, 0) is 18.6 Å². The van der Waals surface area contributed by atoms with Gasteiger partial charge in [0, 0.05) is 57.2 Å². The fourth-order valence-electron chi connectivity index (χ4n) is 3.14. The average molecular weight is 326 g/mol. The Balaban J connectivity index is 1.51. The highest BCUT2D eigenvalue weighted by molar-refractivity contribution is 5.80. The highest BCUT2D eigenvalue weighted by atomic mass is 16.5. The molecule has 1 fully saturated rings. The molecule has 1 N–H and O–H groups in total. The molecule has 0 aliphatic carbocycles. The second-order valence-corrected chi connectivity index (χ2v) is 6.33. The van der Waals surface area contributed by atoms with Crippen molar-refractivity contribution in [3.8, 4) is 0 Å². The largest absolute Gasteiger partial charge is 0.381 e. The molecule has 1 unspecified atom stereocenters. The molecule has 5 nitrogen and oxygen atoms in total. The van der Waals surface area contributed by atoms with Gasteiger partial charge in [0.05, 0.1) is 12.1 Å². The molecule has 0 amide bonds. The zero-order valence-electron chi connectivity index (χ0n) is 14.5. The van der Waals surface area contributed by atoms with Crippen LogP contribution in [0.5, 0.6) is 0 Å². The average Bonchev–Trinajstić information content (AvgIpc) is 3.11. The summed E-state index contributed by atoms with van der Waals surface area (Å²) in [5, 5.41) is 4.62. The minimum atomic E-state index is 0.607. The molecule has 5 heteroatoms. The smallest absolute Gasteiger partial charge is 0.193 e. The number of ether oxygens (including phenoxy) is 1. The van der Waals surface area contributed by atoms with E-state index in [-0.39, 0.29) is 0 Å². The number of hydrogen-bond acceptors (Lipinski definition) is 3. The van der Waals surface area contributed by atoms with Gasteiger partial charge in [0.15, 0.2) is 5.96 Å². The summed E-state index contributed by atoms with van der Waals surface area (Å²) < 4.78 is 5.45. The third-order valence-corrected chi connectivity index (χ3v) is 4.45. The van der Waals surface area contributed by atoms with Crippen LogP contribution in [0.1, 0.15) is 12.1 Å². The first-order chi connectivity index (χ1) is 11.8. The molecule has 2 heterocycles. The quantitative estimate of drug-likeness (QED) is 0.677. The van der Waals surface area contributed by atoms with E-state index in [4.69, 9.17) is 9.72 Å². The molecular weight excluding hydrogens is 300 g/mol. The maximum Gasteiger partial charge on any atom is 0.193 e. The molecule has 24 heavy (non-hydrogen) atoms. The fraction of sp³-hybridized carbons (Fsp3) is 0.474. The van der Waals surface area contributed by atoms with E-state index < -0.39 is 0 Å². The summed E-state index contributed by atoms with van der Waals surface area (Å²) in [5.41, 5.74) is 2.15. The highest BCUT2D eigenvalue weighted by Crippen LogP contribution is 2.13. The Morgan fingerprint density at radius 1 is 1.33 bits per heavy atom. The number of pyridine rings is 1. The minimum absolute atomic E-state index is 0.607. The number of hydrogen-bond donors (Lipinski definition) is 1. The molecule has 0 bridgehead atoms. The predicted molar refractivity (Wildman–Crippen MR) is 98.4 cm³/mol. The third-order valence-electron chi connectivity index (χ3n) is 4.45. The highest BCUT2D eigenvalue weighted by Gasteiger charge is 2.18. The van der Waals surface area contributed by atoms with Crippen LogP contribution in [-0.2, 0) is 11.2 Å². The van der Waals surface area contributed by atoms with Crippen molar-refractivity contribution in [2.45, 2.75) is 12.8 Å². The maximum atomic E-state index is 5.45. The molecule has 0 spiro atoms. The van der Waals surface area contributed by atoms with Gasteiger partial charge in [0.1, 0.15) is 0 Å². The number of aliphatic imine (C=N–C) groups is 1. The second kappa shape index (κ2) is 8.11. The molecule has 1 aliphatic heterocycles. The predicted octanol–water partition coefficient (Wildman–Crippen LogP) is 2.32. The number of nitrogens with zero attached hydrogens (tertiary/aromatic N) is 3. The van der Waals surface area contributed by atoms with Gasteiger partial charge in [-0.3, -0.25) is 9.98 Å². The van der Waals surface area contributed by atoms with Gasteiger partial charge in [-0.15, -0.1) is 0 Å². The Bertz CT molecular complexity index is 695. The molecule has 1 aliphatic rings. The molecule has 128 valence electrons. The van der Waals surface area contributed by atoms with Crippen molar-refractivity contribution >= 4 is 16.9 Å². The summed E-state index contributed by atoms with van der Waals surface area (Å²) in [4.78, 5) is 11.3. The Labute approximate surface area is 143 Å². The van der Waals surface area contributed by atoms with Crippen LogP contribution in [0.2, 0.25) is 0 Å². The van der Waals surface area contributed by atoms with Crippen molar-refractivity contribution in [2.75, 3.05) is 40.4 Å². The van der Waals surface area contributed by atoms with Gasteiger partial charge in [0.25, 0.3) is 0 Å². The second-order valence-electron chi connectivity index (χ2n) is 6.33. The van der Waals surface area contributed by atoms with E-state index in [1.807, 2.05) is 19.2 Å². The van der Waals surface area contributed by atoms with Crippen LogP contribution in [0.15, 0.2) is 41.4 Å². The summed E-state index contributed by atoms with van der Waals surface area (Å²) in [6.45, 7) is 3.55. The number of nitrogens with one attached hydrogen (secondary N) is 1. The Morgan fingerprint density at radius 3 is 3.00 bits per heavy atom. The molecule has 0 saturated carbocycles. The first kappa shape index (κ1) is 16.7. The number of rotatable bonds is 5. The number of fused-ring (bicyclic) bond motifs is 1. The van der Waals surface area contributed by atoms with E-state index >= 15 is 0 Å². The molecule has 1 saturated heterocycles. The monoisotopic (exact) mass is 326 g/mol. The van der Waals surface area contributed by atoms with Crippen LogP contribution in [-0.4, -0.2) is 56.2 Å². The van der Waals surface area contributed by atoms with Crippen molar-refractivity contribution in [1.82, 2.24) is 15.2 Å². The van der Waals surface area contributed by atoms with E-state index in [0.717, 1.165) is 56.3 Å². The van der Waals surface area contributed by atoms with Crippen molar-refractivity contribution in [3.63, 3.8) is 0 Å². The minimum Gasteiger partial charge on any atom is -0.381 e. The lowest BCUT2D eigenvalue weighted by Gasteiger charge is -2.24. The molecule has 1 aromatic carbocycles. The standard InChI is InChI=1S/C19H26N4O/c1-20-19(23(2)13-15-10-12-24-14-15)21-11-9-17-8-7-16-5-3-4-6-18(16)22-17/h3-8,15H,9-14H2,1-2H3,(H,20,21). The van der Waals surface area contributed by atoms with Crippen LogP contribution in [0.25, 0.3) is 10.9 Å². The van der Waals surface area contributed by atoms with Crippen LogP contribution < -0.4 is 5.32 Å². The summed E-state index contributed by atoms with van der Waals surface area (Å²) in [6, 6.07) is 12.5. The van der Waals surface area contributed by atoms with E-state index in [9.17, 15) is 0 Å². The Morgan fingerprint density at radius 2 is 2.21 bits per heavy atom. The van der Waals surface area contributed by atoms with Gasteiger partial charge >= 0.3 is 0 Å². The lowest BCUT2D eigenvalue weighted by atomic mass is 10.1. The molecule has 3 rings (SSSR count). The number of para-hydroxylation sites is 1. The van der Waals surface area contributed by atoms with Crippen LogP contribution in [0, 0.1) is 5.92 Å². The zero-order chi connectivity index (χ0) is 16.8. The topological polar surface area (TPSA) is 49.8 Å². The van der Waals surface area contributed by atoms with Gasteiger partial charge < -0.3 is 15.0 Å². The first-order valence-corrected chi connectivity index (χ1v) is 8.60. The van der Waals surface area contributed by atoms with Gasteiger partial charge in [-0.25, -0.2) is 0 Å². The normalized spacial score (nSPS) is 18.1. The van der Waals surface area contributed by atoms with E-state index in [1.165, 1.54) is 5.39 Å². The van der Waals surface area contributed by atoms with E-state index in [0.29, 0.717) is 5.92 Å². The summed E-state index contributed by atoms with van der Waals surface area (Å²) in [6.07, 6.45) is 2.02. The molecule has 1 atom stereocenters. The van der Waals surface area contributed by atoms with Crippen molar-refractivity contribution in [1.29, 1.82) is 0 Å². The van der Waals surface area contributed by atoms with Crippen molar-refractivity contribution < 1.29 is 4.74 Å². The molecule has 1 aromatic heterocycles. The Hall–Kier alpha value is -2.14. The first-order valence-electron chi connectivity index (χ1n) is 8.60. The molecular formula is C19H26N4O. The summed E-state index contributed by atoms with van der Waals surface area (Å²) >= 11 is 0. The maximum absolute atomic E-state index is 5.45. The SMILES string of the molecule is CN=C(NCCc1ccc2ccccc2n1)N(C)CC1CCOC1.